The summed E-state index contributed by atoms with van der Waals surface area (Å²) in [4.78, 5) is 28.7. The highest BCUT2D eigenvalue weighted by atomic mass is 32.2. The maximum Gasteiger partial charge on any atom is 0.282 e. The highest BCUT2D eigenvalue weighted by molar-refractivity contribution is 7.99. The second-order valence-corrected chi connectivity index (χ2v) is 7.02. The van der Waals surface area contributed by atoms with Crippen LogP contribution in [0.25, 0.3) is 21.3 Å². The van der Waals surface area contributed by atoms with Crippen molar-refractivity contribution in [3.63, 3.8) is 0 Å². The monoisotopic (exact) mass is 360 g/mol. The number of rotatable bonds is 5. The molecule has 3 aromatic rings. The van der Waals surface area contributed by atoms with Crippen LogP contribution in [-0.2, 0) is 4.79 Å². The first-order valence-corrected chi connectivity index (χ1v) is 9.16. The van der Waals surface area contributed by atoms with Gasteiger partial charge in [0.1, 0.15) is 4.83 Å². The van der Waals surface area contributed by atoms with Gasteiger partial charge in [-0.15, -0.1) is 11.3 Å². The summed E-state index contributed by atoms with van der Waals surface area (Å²) in [6.45, 7) is 1.96. The molecule has 24 heavy (non-hydrogen) atoms. The van der Waals surface area contributed by atoms with Crippen molar-refractivity contribution in [3.05, 3.63) is 46.1 Å². The molecule has 0 aliphatic carbocycles. The Morgan fingerprint density at radius 2 is 2.12 bits per heavy atom. The molecule has 0 aliphatic heterocycles. The van der Waals surface area contributed by atoms with Crippen LogP contribution in [0.2, 0.25) is 0 Å². The average molecular weight is 360 g/mol. The number of carbonyl (C=O) groups is 1. The van der Waals surface area contributed by atoms with Gasteiger partial charge in [0.15, 0.2) is 5.16 Å². The zero-order chi connectivity index (χ0) is 17.1. The Bertz CT molecular complexity index is 934. The van der Waals surface area contributed by atoms with E-state index in [1.54, 1.807) is 0 Å². The van der Waals surface area contributed by atoms with E-state index < -0.39 is 0 Å². The average Bonchev–Trinajstić information content (AvgIpc) is 3.00. The molecule has 0 fully saturated rings. The lowest BCUT2D eigenvalue weighted by molar-refractivity contribution is -0.118. The van der Waals surface area contributed by atoms with Gasteiger partial charge >= 0.3 is 0 Å². The minimum absolute atomic E-state index is 0.0880. The molecule has 1 aromatic carbocycles. The fraction of sp³-hybridized carbons (Fsp3) is 0.188. The van der Waals surface area contributed by atoms with Crippen LogP contribution in [-0.4, -0.2) is 27.9 Å². The van der Waals surface area contributed by atoms with E-state index in [1.165, 1.54) is 30.0 Å². The lowest BCUT2D eigenvalue weighted by Gasteiger charge is -2.07. The van der Waals surface area contributed by atoms with Gasteiger partial charge in [-0.25, -0.2) is 9.66 Å². The summed E-state index contributed by atoms with van der Waals surface area (Å²) in [6, 6.07) is 9.70. The standard InChI is InChI=1S/C16H16N4O2S2/c1-10(21)18-7-8-23-16-19-14-13(15(22)20(16)17)12(9-24-14)11-5-3-2-4-6-11/h2-6,9H,7-8,17H2,1H3,(H,18,21). The van der Waals surface area contributed by atoms with E-state index in [1.807, 2.05) is 35.7 Å². The van der Waals surface area contributed by atoms with Crippen molar-refractivity contribution >= 4 is 39.2 Å². The van der Waals surface area contributed by atoms with Crippen LogP contribution in [0.1, 0.15) is 6.92 Å². The molecule has 2 aromatic heterocycles. The zero-order valence-corrected chi connectivity index (χ0v) is 14.6. The van der Waals surface area contributed by atoms with E-state index in [2.05, 4.69) is 10.3 Å². The fourth-order valence-corrected chi connectivity index (χ4v) is 4.05. The van der Waals surface area contributed by atoms with Crippen molar-refractivity contribution in [2.24, 2.45) is 0 Å². The zero-order valence-electron chi connectivity index (χ0n) is 13.0. The summed E-state index contributed by atoms with van der Waals surface area (Å²) < 4.78 is 1.08. The molecule has 2 heterocycles. The predicted molar refractivity (Wildman–Crippen MR) is 98.9 cm³/mol. The molecule has 8 heteroatoms. The van der Waals surface area contributed by atoms with E-state index in [4.69, 9.17) is 5.84 Å². The smallest absolute Gasteiger partial charge is 0.282 e. The number of nitrogen functional groups attached to an aromatic ring is 1. The molecule has 1 amide bonds. The third kappa shape index (κ3) is 3.29. The molecule has 0 bridgehead atoms. The maximum absolute atomic E-state index is 12.7. The number of nitrogens with one attached hydrogen (secondary N) is 1. The third-order valence-electron chi connectivity index (χ3n) is 3.40. The summed E-state index contributed by atoms with van der Waals surface area (Å²) in [5.74, 6) is 6.44. The van der Waals surface area contributed by atoms with Gasteiger partial charge in [0.2, 0.25) is 5.91 Å². The number of aromatic nitrogens is 2. The van der Waals surface area contributed by atoms with Crippen LogP contribution in [0.4, 0.5) is 0 Å². The molecule has 0 radical (unpaired) electrons. The highest BCUT2D eigenvalue weighted by Crippen LogP contribution is 2.31. The Labute approximate surface area is 146 Å². The molecule has 124 valence electrons. The summed E-state index contributed by atoms with van der Waals surface area (Å²) in [5, 5.41) is 5.62. The lowest BCUT2D eigenvalue weighted by Crippen LogP contribution is -2.30. The van der Waals surface area contributed by atoms with Gasteiger partial charge in [-0.1, -0.05) is 42.1 Å². The Morgan fingerprint density at radius 1 is 1.38 bits per heavy atom. The first kappa shape index (κ1) is 16.5. The van der Waals surface area contributed by atoms with Crippen LogP contribution in [0.3, 0.4) is 0 Å². The van der Waals surface area contributed by atoms with Crippen LogP contribution >= 0.6 is 23.1 Å². The number of carbonyl (C=O) groups excluding carboxylic acids is 1. The Kier molecular flexibility index (Phi) is 4.86. The van der Waals surface area contributed by atoms with Crippen molar-refractivity contribution in [1.82, 2.24) is 15.0 Å². The van der Waals surface area contributed by atoms with Gasteiger partial charge in [-0.3, -0.25) is 9.59 Å². The number of fused-ring (bicyclic) bond motifs is 1. The second kappa shape index (κ2) is 7.06. The van der Waals surface area contributed by atoms with Gasteiger partial charge in [-0.05, 0) is 5.56 Å². The number of nitrogens with zero attached hydrogens (tertiary/aromatic N) is 2. The number of amides is 1. The number of nitrogens with two attached hydrogens (primary N) is 1. The molecule has 0 atom stereocenters. The van der Waals surface area contributed by atoms with Gasteiger partial charge in [0.05, 0.1) is 5.39 Å². The van der Waals surface area contributed by atoms with Crippen molar-refractivity contribution < 1.29 is 4.79 Å². The molecule has 3 rings (SSSR count). The molecule has 0 saturated carbocycles. The van der Waals surface area contributed by atoms with Gasteiger partial charge in [0.25, 0.3) is 5.56 Å². The molecule has 6 nitrogen and oxygen atoms in total. The van der Waals surface area contributed by atoms with Crippen LogP contribution in [0.15, 0.2) is 45.7 Å². The number of hydrogen-bond donors (Lipinski definition) is 2. The molecular formula is C16H16N4O2S2. The molecule has 3 N–H and O–H groups in total. The maximum atomic E-state index is 12.7. The van der Waals surface area contributed by atoms with Gasteiger partial charge < -0.3 is 11.2 Å². The van der Waals surface area contributed by atoms with Crippen molar-refractivity contribution in [3.8, 4) is 11.1 Å². The first-order valence-electron chi connectivity index (χ1n) is 7.30. The quantitative estimate of drug-likeness (QED) is 0.315. The van der Waals surface area contributed by atoms with E-state index in [-0.39, 0.29) is 11.5 Å². The fourth-order valence-electron chi connectivity index (χ4n) is 2.29. The summed E-state index contributed by atoms with van der Waals surface area (Å²) in [5.41, 5.74) is 1.55. The van der Waals surface area contributed by atoms with Crippen LogP contribution in [0.5, 0.6) is 0 Å². The number of thiophene rings is 1. The number of thioether (sulfide) groups is 1. The van der Waals surface area contributed by atoms with Crippen molar-refractivity contribution in [2.75, 3.05) is 18.1 Å². The van der Waals surface area contributed by atoms with E-state index in [0.29, 0.717) is 27.7 Å². The Morgan fingerprint density at radius 3 is 2.83 bits per heavy atom. The van der Waals surface area contributed by atoms with E-state index in [0.717, 1.165) is 15.8 Å². The van der Waals surface area contributed by atoms with E-state index in [9.17, 15) is 9.59 Å². The molecule has 0 saturated heterocycles. The Balaban J connectivity index is 1.94. The topological polar surface area (TPSA) is 90.0 Å². The second-order valence-electron chi connectivity index (χ2n) is 5.10. The predicted octanol–water partition coefficient (Wildman–Crippen LogP) is 2.07. The minimum Gasteiger partial charge on any atom is -0.356 e. The molecular weight excluding hydrogens is 344 g/mol. The normalized spacial score (nSPS) is 10.9. The van der Waals surface area contributed by atoms with Crippen LogP contribution in [0, 0.1) is 0 Å². The van der Waals surface area contributed by atoms with Crippen molar-refractivity contribution in [1.29, 1.82) is 0 Å². The minimum atomic E-state index is -0.262. The molecule has 0 spiro atoms. The number of benzene rings is 1. The van der Waals surface area contributed by atoms with Crippen LogP contribution < -0.4 is 16.7 Å². The summed E-state index contributed by atoms with van der Waals surface area (Å²) in [7, 11) is 0. The number of hydrogen-bond acceptors (Lipinski definition) is 6. The first-order chi connectivity index (χ1) is 11.6. The lowest BCUT2D eigenvalue weighted by atomic mass is 10.1. The third-order valence-corrected chi connectivity index (χ3v) is 5.23. The van der Waals surface area contributed by atoms with E-state index >= 15 is 0 Å². The Hall–Kier alpha value is -2.32. The highest BCUT2D eigenvalue weighted by Gasteiger charge is 2.16. The largest absolute Gasteiger partial charge is 0.356 e. The summed E-state index contributed by atoms with van der Waals surface area (Å²) in [6.07, 6.45) is 0. The van der Waals surface area contributed by atoms with Gasteiger partial charge in [0, 0.05) is 30.2 Å². The summed E-state index contributed by atoms with van der Waals surface area (Å²) >= 11 is 2.77. The molecule has 0 unspecified atom stereocenters. The molecule has 0 aliphatic rings. The SMILES string of the molecule is CC(=O)NCCSc1nc2scc(-c3ccccc3)c2c(=O)n1N. The van der Waals surface area contributed by atoms with Gasteiger partial charge in [-0.2, -0.15) is 0 Å². The van der Waals surface area contributed by atoms with Crippen molar-refractivity contribution in [2.45, 2.75) is 12.1 Å².